The van der Waals surface area contributed by atoms with Gasteiger partial charge in [-0.3, -0.25) is 24.7 Å². The average molecular weight is 366 g/mol. The van der Waals surface area contributed by atoms with Gasteiger partial charge in [-0.1, -0.05) is 19.3 Å². The molecule has 1 aromatic heterocycles. The molecule has 1 aromatic carbocycles. The van der Waals surface area contributed by atoms with Gasteiger partial charge < -0.3 is 10.6 Å². The highest BCUT2D eigenvalue weighted by molar-refractivity contribution is 6.09. The molecule has 1 saturated carbocycles. The highest BCUT2D eigenvalue weighted by Crippen LogP contribution is 2.50. The van der Waals surface area contributed by atoms with E-state index < -0.39 is 16.2 Å². The standard InChI is InChI=1S/C19H18N4O4/c24-17(12-5-4-8-20-11-12)21-15-10-14-13(9-16(15)23(26)27)19(18(25)22-14)6-2-1-3-7-19/h4-5,8-11H,1-3,6-7H2,(H,21,24)(H,22,25). The largest absolute Gasteiger partial charge is 0.325 e. The van der Waals surface area contributed by atoms with Gasteiger partial charge >= 0.3 is 0 Å². The summed E-state index contributed by atoms with van der Waals surface area (Å²) in [5, 5.41) is 17.1. The van der Waals surface area contributed by atoms with Crippen molar-refractivity contribution < 1.29 is 14.5 Å². The lowest BCUT2D eigenvalue weighted by Gasteiger charge is -2.31. The molecule has 0 saturated heterocycles. The first kappa shape index (κ1) is 17.1. The predicted octanol–water partition coefficient (Wildman–Crippen LogP) is 3.40. The number of nitrogens with zero attached hydrogens (tertiary/aromatic N) is 2. The summed E-state index contributed by atoms with van der Waals surface area (Å²) in [5.74, 6) is -0.606. The van der Waals surface area contributed by atoms with E-state index in [4.69, 9.17) is 0 Å². The maximum absolute atomic E-state index is 12.7. The molecule has 2 aliphatic rings. The SMILES string of the molecule is O=C(Nc1cc2c(cc1[N+](=O)[O-])C1(CCCCC1)C(=O)N2)c1cccnc1. The number of pyridine rings is 1. The van der Waals surface area contributed by atoms with Crippen LogP contribution in [-0.4, -0.2) is 21.7 Å². The number of rotatable bonds is 3. The number of fused-ring (bicyclic) bond motifs is 2. The second-order valence-corrected chi connectivity index (χ2v) is 6.96. The van der Waals surface area contributed by atoms with E-state index in [0.717, 1.165) is 19.3 Å². The minimum atomic E-state index is -0.690. The van der Waals surface area contributed by atoms with E-state index >= 15 is 0 Å². The molecular weight excluding hydrogens is 348 g/mol. The first-order valence-corrected chi connectivity index (χ1v) is 8.87. The van der Waals surface area contributed by atoms with Gasteiger partial charge in [-0.05, 0) is 36.6 Å². The fraction of sp³-hybridized carbons (Fsp3) is 0.316. The van der Waals surface area contributed by atoms with E-state index in [1.54, 1.807) is 12.1 Å². The smallest absolute Gasteiger partial charge is 0.293 e. The number of aromatic nitrogens is 1. The molecule has 8 heteroatoms. The Kier molecular flexibility index (Phi) is 4.10. The van der Waals surface area contributed by atoms with Crippen LogP contribution < -0.4 is 10.6 Å². The predicted molar refractivity (Wildman–Crippen MR) is 98.7 cm³/mol. The zero-order chi connectivity index (χ0) is 19.0. The minimum absolute atomic E-state index is 0.0563. The van der Waals surface area contributed by atoms with Crippen molar-refractivity contribution in [3.05, 3.63) is 57.9 Å². The van der Waals surface area contributed by atoms with Crippen molar-refractivity contribution in [1.82, 2.24) is 4.98 Å². The number of carbonyl (C=O) groups is 2. The number of nitrogens with one attached hydrogen (secondary N) is 2. The van der Waals surface area contributed by atoms with Crippen molar-refractivity contribution in [3.63, 3.8) is 0 Å². The van der Waals surface area contributed by atoms with Crippen LogP contribution in [0.25, 0.3) is 0 Å². The van der Waals surface area contributed by atoms with E-state index in [1.807, 2.05) is 0 Å². The molecule has 2 N–H and O–H groups in total. The topological polar surface area (TPSA) is 114 Å². The zero-order valence-electron chi connectivity index (χ0n) is 14.5. The molecular formula is C19H18N4O4. The first-order chi connectivity index (χ1) is 13.0. The van der Waals surface area contributed by atoms with Crippen LogP contribution in [0.4, 0.5) is 17.1 Å². The molecule has 0 radical (unpaired) electrons. The number of benzene rings is 1. The molecule has 138 valence electrons. The molecule has 0 atom stereocenters. The number of hydrogen-bond acceptors (Lipinski definition) is 5. The molecule has 1 aliphatic carbocycles. The molecule has 1 aliphatic heterocycles. The molecule has 27 heavy (non-hydrogen) atoms. The summed E-state index contributed by atoms with van der Waals surface area (Å²) in [7, 11) is 0. The van der Waals surface area contributed by atoms with Crippen LogP contribution in [0, 0.1) is 10.1 Å². The number of amides is 2. The average Bonchev–Trinajstić information content (AvgIpc) is 2.93. The van der Waals surface area contributed by atoms with Crippen LogP contribution in [0.3, 0.4) is 0 Å². The molecule has 2 aromatic rings. The van der Waals surface area contributed by atoms with Gasteiger partial charge in [-0.25, -0.2) is 0 Å². The summed E-state index contributed by atoms with van der Waals surface area (Å²) in [4.78, 5) is 40.0. The van der Waals surface area contributed by atoms with Gasteiger partial charge in [-0.2, -0.15) is 0 Å². The molecule has 0 unspecified atom stereocenters. The van der Waals surface area contributed by atoms with Gasteiger partial charge in [-0.15, -0.1) is 0 Å². The third-order valence-corrected chi connectivity index (χ3v) is 5.41. The molecule has 2 heterocycles. The lowest BCUT2D eigenvalue weighted by Crippen LogP contribution is -2.36. The molecule has 8 nitrogen and oxygen atoms in total. The highest BCUT2D eigenvalue weighted by Gasteiger charge is 2.48. The number of nitro groups is 1. The normalized spacial score (nSPS) is 17.3. The fourth-order valence-corrected chi connectivity index (χ4v) is 4.05. The number of nitro benzene ring substituents is 1. The Morgan fingerprint density at radius 3 is 2.70 bits per heavy atom. The monoisotopic (exact) mass is 366 g/mol. The lowest BCUT2D eigenvalue weighted by molar-refractivity contribution is -0.384. The maximum atomic E-state index is 12.7. The highest BCUT2D eigenvalue weighted by atomic mass is 16.6. The van der Waals surface area contributed by atoms with E-state index in [0.29, 0.717) is 29.7 Å². The van der Waals surface area contributed by atoms with Gasteiger partial charge in [0.15, 0.2) is 0 Å². The van der Waals surface area contributed by atoms with Crippen molar-refractivity contribution in [2.45, 2.75) is 37.5 Å². The summed E-state index contributed by atoms with van der Waals surface area (Å²) >= 11 is 0. The minimum Gasteiger partial charge on any atom is -0.325 e. The Morgan fingerprint density at radius 1 is 1.26 bits per heavy atom. The van der Waals surface area contributed by atoms with E-state index in [2.05, 4.69) is 15.6 Å². The molecule has 1 spiro atoms. The van der Waals surface area contributed by atoms with Crippen LogP contribution in [0.1, 0.15) is 48.0 Å². The van der Waals surface area contributed by atoms with E-state index in [9.17, 15) is 19.7 Å². The number of hydrogen-bond donors (Lipinski definition) is 2. The molecule has 1 fully saturated rings. The van der Waals surface area contributed by atoms with Gasteiger partial charge in [0.2, 0.25) is 5.91 Å². The van der Waals surface area contributed by atoms with Gasteiger partial charge in [0.1, 0.15) is 5.69 Å². The van der Waals surface area contributed by atoms with Gasteiger partial charge in [0, 0.05) is 24.1 Å². The lowest BCUT2D eigenvalue weighted by atomic mass is 9.70. The maximum Gasteiger partial charge on any atom is 0.293 e. The molecule has 0 bridgehead atoms. The van der Waals surface area contributed by atoms with Crippen molar-refractivity contribution in [2.24, 2.45) is 0 Å². The van der Waals surface area contributed by atoms with E-state index in [1.165, 1.54) is 24.5 Å². The number of carbonyl (C=O) groups excluding carboxylic acids is 2. The van der Waals surface area contributed by atoms with Crippen LogP contribution in [-0.2, 0) is 10.2 Å². The van der Waals surface area contributed by atoms with Crippen molar-refractivity contribution >= 4 is 28.9 Å². The zero-order valence-corrected chi connectivity index (χ0v) is 14.5. The Balaban J connectivity index is 1.74. The fourth-order valence-electron chi connectivity index (χ4n) is 4.05. The van der Waals surface area contributed by atoms with Crippen LogP contribution in [0.5, 0.6) is 0 Å². The summed E-state index contributed by atoms with van der Waals surface area (Å²) in [6.07, 6.45) is 7.18. The second kappa shape index (κ2) is 6.46. The summed E-state index contributed by atoms with van der Waals surface area (Å²) in [6.45, 7) is 0. The molecule has 4 rings (SSSR count). The van der Waals surface area contributed by atoms with Gasteiger partial charge in [0.25, 0.3) is 11.6 Å². The Hall–Kier alpha value is -3.29. The Bertz CT molecular complexity index is 936. The Morgan fingerprint density at radius 2 is 2.04 bits per heavy atom. The van der Waals surface area contributed by atoms with Crippen molar-refractivity contribution in [3.8, 4) is 0 Å². The third kappa shape index (κ3) is 2.83. The second-order valence-electron chi connectivity index (χ2n) is 6.96. The van der Waals surface area contributed by atoms with Crippen LogP contribution >= 0.6 is 0 Å². The summed E-state index contributed by atoms with van der Waals surface area (Å²) < 4.78 is 0. The van der Waals surface area contributed by atoms with Crippen LogP contribution in [0.2, 0.25) is 0 Å². The van der Waals surface area contributed by atoms with E-state index in [-0.39, 0.29) is 17.3 Å². The third-order valence-electron chi connectivity index (χ3n) is 5.41. The molecule has 2 amide bonds. The number of anilines is 2. The Labute approximate surface area is 155 Å². The first-order valence-electron chi connectivity index (χ1n) is 8.87. The van der Waals surface area contributed by atoms with Crippen molar-refractivity contribution in [2.75, 3.05) is 10.6 Å². The summed E-state index contributed by atoms with van der Waals surface area (Å²) in [6, 6.07) is 6.11. The van der Waals surface area contributed by atoms with Crippen LogP contribution in [0.15, 0.2) is 36.7 Å². The summed E-state index contributed by atoms with van der Waals surface area (Å²) in [5.41, 5.74) is 0.644. The van der Waals surface area contributed by atoms with Gasteiger partial charge in [0.05, 0.1) is 15.9 Å². The quantitative estimate of drug-likeness (QED) is 0.638. The van der Waals surface area contributed by atoms with Crippen molar-refractivity contribution in [1.29, 1.82) is 0 Å².